The third-order valence-electron chi connectivity index (χ3n) is 0.669. The van der Waals surface area contributed by atoms with E-state index < -0.39 is 0 Å². The van der Waals surface area contributed by atoms with Crippen LogP contribution in [0.15, 0.2) is 25.1 Å². The molecule has 2 nitrogen and oxygen atoms in total. The molecule has 0 saturated carbocycles. The fraction of sp³-hybridized carbons (Fsp3) is 0.600. The first-order valence-corrected chi connectivity index (χ1v) is 4.51. The molecule has 0 atom stereocenters. The van der Waals surface area contributed by atoms with Crippen LogP contribution in [-0.2, 0) is 0 Å². The Morgan fingerprint density at radius 3 is 1.92 bits per heavy atom. The van der Waals surface area contributed by atoms with Gasteiger partial charge in [0.1, 0.15) is 0 Å². The molecule has 0 radical (unpaired) electrons. The second-order valence-corrected chi connectivity index (χ2v) is 1.66. The molecule has 2 heteroatoms. The highest BCUT2D eigenvalue weighted by Gasteiger charge is 1.55. The molecule has 3 N–H and O–H groups in total. The van der Waals surface area contributed by atoms with Gasteiger partial charge in [0.25, 0.3) is 0 Å². The van der Waals surface area contributed by atoms with Crippen LogP contribution in [0.4, 0.5) is 0 Å². The molecule has 0 rings (SSSR count). The minimum Gasteiger partial charge on any atom is -0.369 e. The molecule has 0 aromatic carbocycles. The van der Waals surface area contributed by atoms with E-state index >= 15 is 0 Å². The van der Waals surface area contributed by atoms with Gasteiger partial charge in [0.2, 0.25) is 0 Å². The largest absolute Gasteiger partial charge is 0.369 e. The molecular formula is C10H24N2. The van der Waals surface area contributed by atoms with Crippen molar-refractivity contribution in [3.63, 3.8) is 0 Å². The number of rotatable bonds is 3. The average molecular weight is 172 g/mol. The smallest absolute Gasteiger partial charge is 0.00387 e. The molecule has 0 spiro atoms. The third-order valence-corrected chi connectivity index (χ3v) is 0.669. The van der Waals surface area contributed by atoms with E-state index in [0.29, 0.717) is 0 Å². The van der Waals surface area contributed by atoms with E-state index in [-0.39, 0.29) is 0 Å². The molecule has 0 aromatic rings. The molecule has 0 saturated heterocycles. The predicted octanol–water partition coefficient (Wildman–Crippen LogP) is 2.63. The summed E-state index contributed by atoms with van der Waals surface area (Å²) in [4.78, 5) is 0. The van der Waals surface area contributed by atoms with Crippen LogP contribution in [0, 0.1) is 0 Å². The van der Waals surface area contributed by atoms with Gasteiger partial charge in [-0.25, -0.2) is 0 Å². The molecule has 0 aliphatic rings. The van der Waals surface area contributed by atoms with Gasteiger partial charge in [-0.1, -0.05) is 33.4 Å². The Balaban J connectivity index is -0.000000118. The fourth-order valence-corrected chi connectivity index (χ4v) is 0.164. The summed E-state index contributed by atoms with van der Waals surface area (Å²) in [5, 5.41) is 2.78. The monoisotopic (exact) mass is 172 g/mol. The van der Waals surface area contributed by atoms with Crippen molar-refractivity contribution in [1.29, 1.82) is 0 Å². The van der Waals surface area contributed by atoms with Gasteiger partial charge in [-0.3, -0.25) is 0 Å². The minimum atomic E-state index is 0.819. The topological polar surface area (TPSA) is 38.0 Å². The Bertz CT molecular complexity index is 75.9. The maximum absolute atomic E-state index is 5.03. The molecule has 0 aromatic heterocycles. The quantitative estimate of drug-likeness (QED) is 0.687. The number of nitrogens with one attached hydrogen (secondary N) is 1. The normalized spacial score (nSPS) is 7.42. The number of hydrogen-bond acceptors (Lipinski definition) is 2. The van der Waals surface area contributed by atoms with Crippen LogP contribution in [0.1, 0.15) is 34.1 Å². The Labute approximate surface area is 77.5 Å². The van der Waals surface area contributed by atoms with Crippen molar-refractivity contribution in [1.82, 2.24) is 5.32 Å². The lowest BCUT2D eigenvalue weighted by Gasteiger charge is -1.79. The van der Waals surface area contributed by atoms with Gasteiger partial charge in [0.15, 0.2) is 0 Å². The molecule has 0 heterocycles. The van der Waals surface area contributed by atoms with Gasteiger partial charge in [-0.15, -0.1) is 0 Å². The maximum atomic E-state index is 5.03. The maximum Gasteiger partial charge on any atom is -0.00387 e. The first kappa shape index (κ1) is 17.4. The van der Waals surface area contributed by atoms with E-state index in [4.69, 9.17) is 5.73 Å². The van der Waals surface area contributed by atoms with Crippen molar-refractivity contribution in [3.05, 3.63) is 25.1 Å². The molecule has 0 aliphatic carbocycles. The van der Waals surface area contributed by atoms with Crippen molar-refractivity contribution in [2.75, 3.05) is 6.54 Å². The molecule has 0 amide bonds. The zero-order valence-corrected chi connectivity index (χ0v) is 8.93. The van der Waals surface area contributed by atoms with Crippen LogP contribution in [0.5, 0.6) is 0 Å². The summed E-state index contributed by atoms with van der Waals surface area (Å²) in [6, 6.07) is 0. The van der Waals surface area contributed by atoms with Crippen LogP contribution in [0.3, 0.4) is 0 Å². The Morgan fingerprint density at radius 2 is 1.83 bits per heavy atom. The van der Waals surface area contributed by atoms with Gasteiger partial charge in [-0.05, 0) is 32.3 Å². The van der Waals surface area contributed by atoms with Crippen molar-refractivity contribution < 1.29 is 0 Å². The zero-order chi connectivity index (χ0) is 10.2. The summed E-state index contributed by atoms with van der Waals surface area (Å²) >= 11 is 0. The summed E-state index contributed by atoms with van der Waals surface area (Å²) in [6.07, 6.45) is 6.44. The predicted molar refractivity (Wildman–Crippen MR) is 58.8 cm³/mol. The Morgan fingerprint density at radius 1 is 1.42 bits per heavy atom. The van der Waals surface area contributed by atoms with E-state index in [1.807, 2.05) is 33.0 Å². The van der Waals surface area contributed by atoms with E-state index in [9.17, 15) is 0 Å². The first-order chi connectivity index (χ1) is 5.83. The molecule has 74 valence electrons. The lowest BCUT2D eigenvalue weighted by atomic mass is 10.5. The van der Waals surface area contributed by atoms with E-state index in [1.165, 1.54) is 0 Å². The minimum absolute atomic E-state index is 0.819. The molecule has 0 unspecified atom stereocenters. The van der Waals surface area contributed by atoms with Crippen molar-refractivity contribution in [3.8, 4) is 0 Å². The summed E-state index contributed by atoms with van der Waals surface area (Å²) in [7, 11) is 0. The molecule has 0 aliphatic heterocycles. The summed E-state index contributed by atoms with van der Waals surface area (Å²) in [6.45, 7) is 12.3. The van der Waals surface area contributed by atoms with Crippen molar-refractivity contribution in [2.45, 2.75) is 34.1 Å². The number of hydrogen-bond donors (Lipinski definition) is 2. The number of nitrogens with two attached hydrogens (primary N) is 1. The van der Waals surface area contributed by atoms with Gasteiger partial charge in [-0.2, -0.15) is 0 Å². The van der Waals surface area contributed by atoms with Gasteiger partial charge in [0, 0.05) is 0 Å². The highest BCUT2D eigenvalue weighted by Crippen LogP contribution is 1.58. The van der Waals surface area contributed by atoms with Crippen LogP contribution >= 0.6 is 0 Å². The van der Waals surface area contributed by atoms with E-state index in [0.717, 1.165) is 13.0 Å². The number of allylic oxidation sites excluding steroid dienone is 1. The van der Waals surface area contributed by atoms with Crippen LogP contribution in [0.25, 0.3) is 0 Å². The Hall–Kier alpha value is -0.760. The molecule has 0 bridgehead atoms. The van der Waals surface area contributed by atoms with Crippen LogP contribution < -0.4 is 11.1 Å². The van der Waals surface area contributed by atoms with Gasteiger partial charge in [0.05, 0.1) is 0 Å². The highest BCUT2D eigenvalue weighted by atomic mass is 14.8. The van der Waals surface area contributed by atoms with Crippen LogP contribution in [-0.4, -0.2) is 6.54 Å². The van der Waals surface area contributed by atoms with Crippen molar-refractivity contribution in [2.24, 2.45) is 5.73 Å². The second-order valence-electron chi connectivity index (χ2n) is 1.66. The molecule has 0 fully saturated rings. The fourth-order valence-electron chi connectivity index (χ4n) is 0.164. The van der Waals surface area contributed by atoms with Crippen molar-refractivity contribution >= 4 is 0 Å². The molecule has 12 heavy (non-hydrogen) atoms. The lowest BCUT2D eigenvalue weighted by molar-refractivity contribution is 0.932. The summed E-state index contributed by atoms with van der Waals surface area (Å²) in [5.41, 5.74) is 5.03. The van der Waals surface area contributed by atoms with Gasteiger partial charge >= 0.3 is 0 Å². The van der Waals surface area contributed by atoms with Crippen LogP contribution in [0.2, 0.25) is 0 Å². The zero-order valence-electron chi connectivity index (χ0n) is 8.93. The molecular weight excluding hydrogens is 148 g/mol. The summed E-state index contributed by atoms with van der Waals surface area (Å²) in [5.74, 6) is 0. The Kier molecular flexibility index (Phi) is 46.1. The lowest BCUT2D eigenvalue weighted by Crippen LogP contribution is -1.93. The average Bonchev–Trinajstić information content (AvgIpc) is 2.18. The van der Waals surface area contributed by atoms with E-state index in [2.05, 4.69) is 18.8 Å². The van der Waals surface area contributed by atoms with E-state index in [1.54, 1.807) is 6.20 Å². The summed E-state index contributed by atoms with van der Waals surface area (Å²) < 4.78 is 0. The van der Waals surface area contributed by atoms with Gasteiger partial charge < -0.3 is 11.1 Å². The first-order valence-electron chi connectivity index (χ1n) is 4.51. The third kappa shape index (κ3) is 59.8. The standard InChI is InChI=1S/C5H9N.C3H9N.C2H6/c1-3-5-6-4-2;1-2-3-4;1-2/h3-6H,2H2,1H3;2-4H2,1H3;1-2H3/b5-3-;;. The second kappa shape index (κ2) is 31.8. The highest BCUT2D eigenvalue weighted by molar-refractivity contribution is 4.79. The SMILES string of the molecule is C=CN/C=C\C.CC.CCCN.